The van der Waals surface area contributed by atoms with Crippen LogP contribution in [0, 0.1) is 0 Å². The maximum atomic E-state index is 12.1. The first-order chi connectivity index (χ1) is 12.1. The highest BCUT2D eigenvalue weighted by Crippen LogP contribution is 2.23. The van der Waals surface area contributed by atoms with E-state index < -0.39 is 5.97 Å². The van der Waals surface area contributed by atoms with E-state index in [1.165, 1.54) is 0 Å². The molecule has 0 aliphatic carbocycles. The van der Waals surface area contributed by atoms with Crippen molar-refractivity contribution in [3.05, 3.63) is 63.4 Å². The largest absolute Gasteiger partial charge is 0.497 e. The Labute approximate surface area is 156 Å². The average Bonchev–Trinajstić information content (AvgIpc) is 3.11. The van der Waals surface area contributed by atoms with E-state index in [0.717, 1.165) is 10.0 Å². The molecule has 0 bridgehead atoms. The number of ether oxygens (including phenoxy) is 2. The van der Waals surface area contributed by atoms with Gasteiger partial charge in [0.1, 0.15) is 5.75 Å². The number of carbonyl (C=O) groups is 1. The minimum atomic E-state index is -0.576. The third-order valence-electron chi connectivity index (χ3n) is 3.27. The van der Waals surface area contributed by atoms with Crippen LogP contribution in [-0.2, 0) is 11.3 Å². The zero-order valence-corrected chi connectivity index (χ0v) is 15.4. The van der Waals surface area contributed by atoms with E-state index in [0.29, 0.717) is 16.6 Å². The lowest BCUT2D eigenvalue weighted by Crippen LogP contribution is -2.06. The van der Waals surface area contributed by atoms with Crippen LogP contribution < -0.4 is 4.74 Å². The molecular formula is C17H12BrClN2O4. The molecule has 1 aromatic heterocycles. The predicted molar refractivity (Wildman–Crippen MR) is 94.6 cm³/mol. The monoisotopic (exact) mass is 422 g/mol. The first-order valence-corrected chi connectivity index (χ1v) is 8.33. The van der Waals surface area contributed by atoms with Crippen LogP contribution in [0.25, 0.3) is 11.4 Å². The SMILES string of the molecule is COc1cccc(-c2noc(COC(=O)c3cc(Br)ccc3Cl)n2)c1. The normalized spacial score (nSPS) is 10.5. The number of hydrogen-bond donors (Lipinski definition) is 0. The summed E-state index contributed by atoms with van der Waals surface area (Å²) >= 11 is 9.28. The number of methoxy groups -OCH3 is 1. The van der Waals surface area contributed by atoms with Gasteiger partial charge in [-0.25, -0.2) is 4.79 Å². The molecule has 2 aromatic carbocycles. The number of nitrogens with zero attached hydrogens (tertiary/aromatic N) is 2. The van der Waals surface area contributed by atoms with Gasteiger partial charge >= 0.3 is 5.97 Å². The third-order valence-corrected chi connectivity index (χ3v) is 4.09. The van der Waals surface area contributed by atoms with E-state index in [2.05, 4.69) is 26.1 Å². The number of aromatic nitrogens is 2. The Kier molecular flexibility index (Phi) is 5.35. The second-order valence-electron chi connectivity index (χ2n) is 4.94. The Bertz CT molecular complexity index is 913. The fourth-order valence-electron chi connectivity index (χ4n) is 2.05. The van der Waals surface area contributed by atoms with Crippen LogP contribution in [0.4, 0.5) is 0 Å². The summed E-state index contributed by atoms with van der Waals surface area (Å²) in [4.78, 5) is 16.3. The van der Waals surface area contributed by atoms with E-state index in [1.54, 1.807) is 31.4 Å². The second kappa shape index (κ2) is 7.67. The lowest BCUT2D eigenvalue weighted by molar-refractivity contribution is 0.0430. The van der Waals surface area contributed by atoms with Crippen molar-refractivity contribution < 1.29 is 18.8 Å². The van der Waals surface area contributed by atoms with Crippen molar-refractivity contribution in [2.24, 2.45) is 0 Å². The maximum Gasteiger partial charge on any atom is 0.340 e. The van der Waals surface area contributed by atoms with E-state index in [9.17, 15) is 4.79 Å². The van der Waals surface area contributed by atoms with Crippen molar-refractivity contribution >= 4 is 33.5 Å². The van der Waals surface area contributed by atoms with Crippen molar-refractivity contribution in [2.75, 3.05) is 7.11 Å². The van der Waals surface area contributed by atoms with Gasteiger partial charge in [-0.05, 0) is 30.3 Å². The summed E-state index contributed by atoms with van der Waals surface area (Å²) in [5, 5.41) is 4.18. The van der Waals surface area contributed by atoms with E-state index in [4.69, 9.17) is 25.6 Å². The fraction of sp³-hybridized carbons (Fsp3) is 0.118. The molecule has 0 spiro atoms. The topological polar surface area (TPSA) is 74.5 Å². The van der Waals surface area contributed by atoms with Gasteiger partial charge in [0.15, 0.2) is 6.61 Å². The number of benzene rings is 2. The molecule has 0 N–H and O–H groups in total. The molecule has 8 heteroatoms. The quantitative estimate of drug-likeness (QED) is 0.562. The summed E-state index contributed by atoms with van der Waals surface area (Å²) in [6.45, 7) is -0.154. The molecule has 3 rings (SSSR count). The summed E-state index contributed by atoms with van der Waals surface area (Å²) in [6.07, 6.45) is 0. The van der Waals surface area contributed by atoms with Crippen LogP contribution >= 0.6 is 27.5 Å². The van der Waals surface area contributed by atoms with Crippen molar-refractivity contribution in [3.63, 3.8) is 0 Å². The fourth-order valence-corrected chi connectivity index (χ4v) is 2.61. The molecule has 0 atom stereocenters. The van der Waals surface area contributed by atoms with E-state index in [-0.39, 0.29) is 18.1 Å². The second-order valence-corrected chi connectivity index (χ2v) is 6.27. The molecule has 0 aliphatic heterocycles. The summed E-state index contributed by atoms with van der Waals surface area (Å²) < 4.78 is 16.2. The van der Waals surface area contributed by atoms with Crippen molar-refractivity contribution in [2.45, 2.75) is 6.61 Å². The van der Waals surface area contributed by atoms with Gasteiger partial charge in [0.25, 0.3) is 5.89 Å². The van der Waals surface area contributed by atoms with Gasteiger partial charge in [-0.15, -0.1) is 0 Å². The van der Waals surface area contributed by atoms with E-state index >= 15 is 0 Å². The zero-order chi connectivity index (χ0) is 17.8. The van der Waals surface area contributed by atoms with Crippen molar-refractivity contribution in [3.8, 4) is 17.1 Å². The predicted octanol–water partition coefficient (Wildman–Crippen LogP) is 4.52. The first-order valence-electron chi connectivity index (χ1n) is 7.16. The molecule has 0 radical (unpaired) electrons. The minimum Gasteiger partial charge on any atom is -0.497 e. The highest BCUT2D eigenvalue weighted by atomic mass is 79.9. The Morgan fingerprint density at radius 3 is 2.92 bits per heavy atom. The summed E-state index contributed by atoms with van der Waals surface area (Å²) in [5.74, 6) is 0.662. The molecule has 25 heavy (non-hydrogen) atoms. The van der Waals surface area contributed by atoms with Gasteiger partial charge in [-0.2, -0.15) is 4.98 Å². The van der Waals surface area contributed by atoms with Crippen LogP contribution in [0.15, 0.2) is 51.5 Å². The van der Waals surface area contributed by atoms with Gasteiger partial charge in [-0.1, -0.05) is 44.8 Å². The van der Waals surface area contributed by atoms with E-state index in [1.807, 2.05) is 18.2 Å². The van der Waals surface area contributed by atoms with Crippen LogP contribution in [-0.4, -0.2) is 23.2 Å². The zero-order valence-electron chi connectivity index (χ0n) is 13.0. The number of hydrogen-bond acceptors (Lipinski definition) is 6. The maximum absolute atomic E-state index is 12.1. The van der Waals surface area contributed by atoms with Gasteiger partial charge in [0, 0.05) is 10.0 Å². The molecule has 0 fully saturated rings. The summed E-state index contributed by atoms with van der Waals surface area (Å²) in [6, 6.07) is 12.2. The Morgan fingerprint density at radius 1 is 1.28 bits per heavy atom. The molecule has 0 amide bonds. The van der Waals surface area contributed by atoms with Gasteiger partial charge in [0.05, 0.1) is 17.7 Å². The van der Waals surface area contributed by atoms with Gasteiger partial charge < -0.3 is 14.0 Å². The van der Waals surface area contributed by atoms with Gasteiger partial charge in [-0.3, -0.25) is 0 Å². The van der Waals surface area contributed by atoms with Gasteiger partial charge in [0.2, 0.25) is 5.82 Å². The smallest absolute Gasteiger partial charge is 0.340 e. The lowest BCUT2D eigenvalue weighted by Gasteiger charge is -2.04. The molecule has 6 nitrogen and oxygen atoms in total. The number of esters is 1. The third kappa shape index (κ3) is 4.18. The molecule has 1 heterocycles. The molecule has 0 aliphatic rings. The Balaban J connectivity index is 1.69. The van der Waals surface area contributed by atoms with Crippen LogP contribution in [0.5, 0.6) is 5.75 Å². The Hall–Kier alpha value is -2.38. The molecule has 3 aromatic rings. The summed E-state index contributed by atoms with van der Waals surface area (Å²) in [7, 11) is 1.58. The van der Waals surface area contributed by atoms with Crippen molar-refractivity contribution in [1.82, 2.24) is 10.1 Å². The molecule has 0 saturated carbocycles. The van der Waals surface area contributed by atoms with Crippen LogP contribution in [0.1, 0.15) is 16.2 Å². The molecule has 0 unspecified atom stereocenters. The minimum absolute atomic E-state index is 0.154. The van der Waals surface area contributed by atoms with Crippen molar-refractivity contribution in [1.29, 1.82) is 0 Å². The highest BCUT2D eigenvalue weighted by molar-refractivity contribution is 9.10. The number of halogens is 2. The Morgan fingerprint density at radius 2 is 2.12 bits per heavy atom. The summed E-state index contributed by atoms with van der Waals surface area (Å²) in [5.41, 5.74) is 0.985. The standard InChI is InChI=1S/C17H12BrClN2O4/c1-23-12-4-2-3-10(7-12)16-20-15(25-21-16)9-24-17(22)13-8-11(18)5-6-14(13)19/h2-8H,9H2,1H3. The highest BCUT2D eigenvalue weighted by Gasteiger charge is 2.15. The molecule has 0 saturated heterocycles. The number of rotatable bonds is 5. The van der Waals surface area contributed by atoms with Crippen LogP contribution in [0.2, 0.25) is 5.02 Å². The molecule has 128 valence electrons. The number of carbonyl (C=O) groups excluding carboxylic acids is 1. The lowest BCUT2D eigenvalue weighted by atomic mass is 10.2. The molecular weight excluding hydrogens is 412 g/mol. The van der Waals surface area contributed by atoms with Crippen LogP contribution in [0.3, 0.4) is 0 Å². The average molecular weight is 424 g/mol. The first kappa shape index (κ1) is 17.4.